The molecule has 2 heterocycles. The molecule has 0 unspecified atom stereocenters. The summed E-state index contributed by atoms with van der Waals surface area (Å²) < 4.78 is 18.1. The Morgan fingerprint density at radius 1 is 1.03 bits per heavy atom. The van der Waals surface area contributed by atoms with Crippen molar-refractivity contribution >= 4 is 28.3 Å². The van der Waals surface area contributed by atoms with Crippen LogP contribution in [-0.2, 0) is 17.8 Å². The fourth-order valence-corrected chi connectivity index (χ4v) is 3.35. The van der Waals surface area contributed by atoms with Crippen LogP contribution in [0.3, 0.4) is 0 Å². The molecule has 0 aliphatic heterocycles. The molecule has 2 aromatic carbocycles. The summed E-state index contributed by atoms with van der Waals surface area (Å²) in [6, 6.07) is 14.5. The third-order valence-electron chi connectivity index (χ3n) is 4.16. The van der Waals surface area contributed by atoms with Crippen LogP contribution in [0.25, 0.3) is 11.4 Å². The van der Waals surface area contributed by atoms with Gasteiger partial charge in [-0.2, -0.15) is 4.98 Å². The summed E-state index contributed by atoms with van der Waals surface area (Å²) in [5.74, 6) is -0.364. The van der Waals surface area contributed by atoms with E-state index in [4.69, 9.17) is 4.52 Å². The molecular weight excluding hydrogens is 421 g/mol. The lowest BCUT2D eigenvalue weighted by atomic mass is 10.2. The van der Waals surface area contributed by atoms with Gasteiger partial charge in [0, 0.05) is 16.5 Å². The number of thiazole rings is 1. The summed E-state index contributed by atoms with van der Waals surface area (Å²) in [6.07, 6.45) is 0.0304. The highest BCUT2D eigenvalue weighted by Gasteiger charge is 2.13. The number of carbonyl (C=O) groups is 2. The maximum atomic E-state index is 13.0. The van der Waals surface area contributed by atoms with Crippen LogP contribution in [0.5, 0.6) is 0 Å². The highest BCUT2D eigenvalue weighted by molar-refractivity contribution is 7.14. The minimum Gasteiger partial charge on any atom is -0.347 e. The first-order chi connectivity index (χ1) is 15.1. The first-order valence-electron chi connectivity index (χ1n) is 9.23. The normalized spacial score (nSPS) is 10.6. The minimum absolute atomic E-state index is 0.0304. The van der Waals surface area contributed by atoms with E-state index in [1.54, 1.807) is 5.38 Å². The van der Waals surface area contributed by atoms with E-state index in [-0.39, 0.29) is 24.8 Å². The van der Waals surface area contributed by atoms with Crippen LogP contribution in [0.1, 0.15) is 21.9 Å². The zero-order valence-electron chi connectivity index (χ0n) is 16.0. The molecule has 0 fully saturated rings. The van der Waals surface area contributed by atoms with Gasteiger partial charge >= 0.3 is 0 Å². The van der Waals surface area contributed by atoms with Gasteiger partial charge in [-0.05, 0) is 24.3 Å². The Hall–Kier alpha value is -3.92. The zero-order valence-corrected chi connectivity index (χ0v) is 16.9. The molecule has 0 radical (unpaired) electrons. The highest BCUT2D eigenvalue weighted by atomic mass is 32.1. The Bertz CT molecular complexity index is 1190. The van der Waals surface area contributed by atoms with E-state index >= 15 is 0 Å². The molecule has 0 saturated heterocycles. The van der Waals surface area contributed by atoms with Crippen LogP contribution >= 0.6 is 11.3 Å². The van der Waals surface area contributed by atoms with E-state index in [9.17, 15) is 14.0 Å². The van der Waals surface area contributed by atoms with Crippen molar-refractivity contribution in [3.8, 4) is 11.4 Å². The van der Waals surface area contributed by atoms with Crippen molar-refractivity contribution in [2.75, 3.05) is 5.32 Å². The van der Waals surface area contributed by atoms with Crippen molar-refractivity contribution in [3.05, 3.63) is 82.9 Å². The molecule has 10 heteroatoms. The molecular formula is C21H16FN5O3S. The van der Waals surface area contributed by atoms with Crippen LogP contribution < -0.4 is 10.6 Å². The summed E-state index contributed by atoms with van der Waals surface area (Å²) in [7, 11) is 0. The molecule has 0 bridgehead atoms. The van der Waals surface area contributed by atoms with Crippen molar-refractivity contribution in [3.63, 3.8) is 0 Å². The van der Waals surface area contributed by atoms with Gasteiger partial charge in [0.25, 0.3) is 5.91 Å². The lowest BCUT2D eigenvalue weighted by Gasteiger charge is -2.02. The molecule has 4 rings (SSSR count). The average molecular weight is 437 g/mol. The van der Waals surface area contributed by atoms with Crippen LogP contribution in [0.15, 0.2) is 64.5 Å². The predicted octanol–water partition coefficient (Wildman–Crippen LogP) is 3.44. The molecule has 0 atom stereocenters. The number of anilines is 1. The molecule has 2 amide bonds. The van der Waals surface area contributed by atoms with Crippen LogP contribution in [-0.4, -0.2) is 26.9 Å². The third-order valence-corrected chi connectivity index (χ3v) is 4.96. The monoisotopic (exact) mass is 437 g/mol. The Labute approximate surface area is 180 Å². The number of nitrogens with one attached hydrogen (secondary N) is 2. The van der Waals surface area contributed by atoms with Gasteiger partial charge in [-0.25, -0.2) is 9.37 Å². The Balaban J connectivity index is 1.28. The number of hydrogen-bond acceptors (Lipinski definition) is 7. The second-order valence-electron chi connectivity index (χ2n) is 6.44. The topological polar surface area (TPSA) is 110 Å². The fourth-order valence-electron chi connectivity index (χ4n) is 2.65. The minimum atomic E-state index is -0.420. The summed E-state index contributed by atoms with van der Waals surface area (Å²) in [5.41, 5.74) is 1.64. The first kappa shape index (κ1) is 20.4. The molecule has 31 heavy (non-hydrogen) atoms. The molecule has 8 nitrogen and oxygen atoms in total. The molecule has 0 aliphatic rings. The van der Waals surface area contributed by atoms with Crippen molar-refractivity contribution < 1.29 is 18.5 Å². The van der Waals surface area contributed by atoms with Crippen LogP contribution in [0.2, 0.25) is 0 Å². The van der Waals surface area contributed by atoms with Crippen molar-refractivity contribution in [2.24, 2.45) is 0 Å². The van der Waals surface area contributed by atoms with Gasteiger partial charge in [0.2, 0.25) is 17.6 Å². The SMILES string of the molecule is O=C(Cc1csc(NC(=O)c2ccc(F)cc2)n1)NCc1nc(-c2ccccc2)no1. The third kappa shape index (κ3) is 5.37. The maximum Gasteiger partial charge on any atom is 0.257 e. The van der Waals surface area contributed by atoms with Gasteiger partial charge in [0.15, 0.2) is 5.13 Å². The van der Waals surface area contributed by atoms with E-state index in [0.717, 1.165) is 5.56 Å². The smallest absolute Gasteiger partial charge is 0.257 e. The summed E-state index contributed by atoms with van der Waals surface area (Å²) >= 11 is 1.20. The van der Waals surface area contributed by atoms with Gasteiger partial charge in [-0.3, -0.25) is 14.9 Å². The lowest BCUT2D eigenvalue weighted by molar-refractivity contribution is -0.120. The molecule has 0 aliphatic carbocycles. The second-order valence-corrected chi connectivity index (χ2v) is 7.29. The van der Waals surface area contributed by atoms with Gasteiger partial charge in [-0.15, -0.1) is 11.3 Å². The molecule has 4 aromatic rings. The number of hydrogen-bond donors (Lipinski definition) is 2. The van der Waals surface area contributed by atoms with E-state index in [1.807, 2.05) is 30.3 Å². The predicted molar refractivity (Wildman–Crippen MR) is 112 cm³/mol. The van der Waals surface area contributed by atoms with Gasteiger partial charge in [0.05, 0.1) is 18.7 Å². The molecule has 0 saturated carbocycles. The molecule has 156 valence electrons. The van der Waals surface area contributed by atoms with E-state index < -0.39 is 11.7 Å². The lowest BCUT2D eigenvalue weighted by Crippen LogP contribution is -2.24. The van der Waals surface area contributed by atoms with Gasteiger partial charge in [0.1, 0.15) is 5.82 Å². The van der Waals surface area contributed by atoms with E-state index in [0.29, 0.717) is 22.2 Å². The number of carbonyl (C=O) groups excluding carboxylic acids is 2. The quantitative estimate of drug-likeness (QED) is 0.458. The zero-order chi connectivity index (χ0) is 21.6. The van der Waals surface area contributed by atoms with Crippen LogP contribution in [0.4, 0.5) is 9.52 Å². The standard InChI is InChI=1S/C21H16FN5O3S/c22-15-8-6-14(7-9-15)20(29)26-21-24-16(12-31-21)10-17(28)23-11-18-25-19(27-30-18)13-4-2-1-3-5-13/h1-9,12H,10-11H2,(H,23,28)(H,24,26,29). The van der Waals surface area contributed by atoms with Gasteiger partial charge < -0.3 is 9.84 Å². The Kier molecular flexibility index (Phi) is 6.08. The largest absolute Gasteiger partial charge is 0.347 e. The van der Waals surface area contributed by atoms with Crippen molar-refractivity contribution in [1.29, 1.82) is 0 Å². The number of amides is 2. The maximum absolute atomic E-state index is 13.0. The number of benzene rings is 2. The summed E-state index contributed by atoms with van der Waals surface area (Å²) in [5, 5.41) is 11.3. The molecule has 0 spiro atoms. The summed E-state index contributed by atoms with van der Waals surface area (Å²) in [6.45, 7) is 0.0942. The van der Waals surface area contributed by atoms with E-state index in [2.05, 4.69) is 25.8 Å². The number of aromatic nitrogens is 3. The number of nitrogens with zero attached hydrogens (tertiary/aromatic N) is 3. The summed E-state index contributed by atoms with van der Waals surface area (Å²) in [4.78, 5) is 32.8. The Morgan fingerprint density at radius 3 is 2.58 bits per heavy atom. The molecule has 2 aromatic heterocycles. The van der Waals surface area contributed by atoms with Gasteiger partial charge in [-0.1, -0.05) is 35.5 Å². The molecule has 2 N–H and O–H groups in total. The highest BCUT2D eigenvalue weighted by Crippen LogP contribution is 2.18. The second kappa shape index (κ2) is 9.26. The van der Waals surface area contributed by atoms with Crippen molar-refractivity contribution in [2.45, 2.75) is 13.0 Å². The van der Waals surface area contributed by atoms with Crippen LogP contribution in [0, 0.1) is 5.82 Å². The first-order valence-corrected chi connectivity index (χ1v) is 10.1. The van der Waals surface area contributed by atoms with Crippen molar-refractivity contribution in [1.82, 2.24) is 20.4 Å². The number of rotatable bonds is 7. The Morgan fingerprint density at radius 2 is 1.81 bits per heavy atom. The van der Waals surface area contributed by atoms with E-state index in [1.165, 1.54) is 35.6 Å². The average Bonchev–Trinajstić information content (AvgIpc) is 3.43. The number of halogens is 1. The fraction of sp³-hybridized carbons (Fsp3) is 0.0952.